The fraction of sp³-hybridized carbons (Fsp3) is 0.300. The molecular weight excluding hydrogens is 195 g/mol. The van der Waals surface area contributed by atoms with Gasteiger partial charge in [-0.15, -0.1) is 0 Å². The first kappa shape index (κ1) is 11.7. The number of rotatable bonds is 5. The number of carbonyl (C=O) groups excluding carboxylic acids is 1. The van der Waals surface area contributed by atoms with E-state index < -0.39 is 7.32 Å². The summed E-state index contributed by atoms with van der Waals surface area (Å²) in [5.74, 6) is 0.395. The fourth-order valence-corrected chi connectivity index (χ4v) is 1.21. The van der Waals surface area contributed by atoms with Crippen molar-refractivity contribution in [3.63, 3.8) is 0 Å². The molecule has 0 heterocycles. The molecule has 4 nitrogen and oxygen atoms in total. The number of carbonyl (C=O) groups is 1. The summed E-state index contributed by atoms with van der Waals surface area (Å²) in [6.07, 6.45) is 1.33. The molecule has 0 atom stereocenters. The normalized spacial score (nSPS) is 9.80. The van der Waals surface area contributed by atoms with Gasteiger partial charge in [0.15, 0.2) is 5.78 Å². The number of benzene rings is 1. The second kappa shape index (κ2) is 5.53. The van der Waals surface area contributed by atoms with Gasteiger partial charge < -0.3 is 14.7 Å². The first-order valence-electron chi connectivity index (χ1n) is 4.79. The lowest BCUT2D eigenvalue weighted by atomic mass is 10.1. The highest BCUT2D eigenvalue weighted by molar-refractivity contribution is 6.33. The average Bonchev–Trinajstić information content (AvgIpc) is 2.18. The van der Waals surface area contributed by atoms with Gasteiger partial charge >= 0.3 is 7.32 Å². The molecular formula is C10H13BO4. The lowest BCUT2D eigenvalue weighted by Gasteiger charge is -2.05. The van der Waals surface area contributed by atoms with E-state index in [-0.39, 0.29) is 5.78 Å². The third-order valence-corrected chi connectivity index (χ3v) is 1.89. The minimum Gasteiger partial charge on any atom is -0.512 e. The zero-order valence-electron chi connectivity index (χ0n) is 8.51. The first-order chi connectivity index (χ1) is 7.13. The van der Waals surface area contributed by atoms with Crippen LogP contribution in [0.2, 0.25) is 0 Å². The summed E-state index contributed by atoms with van der Waals surface area (Å²) >= 11 is 0. The summed E-state index contributed by atoms with van der Waals surface area (Å²) in [4.78, 5) is 11.4. The van der Waals surface area contributed by atoms with E-state index in [2.05, 4.69) is 4.65 Å². The van der Waals surface area contributed by atoms with Gasteiger partial charge in [-0.3, -0.25) is 4.79 Å². The monoisotopic (exact) mass is 208 g/mol. The Balaban J connectivity index is 2.67. The third kappa shape index (κ3) is 3.73. The van der Waals surface area contributed by atoms with Crippen molar-refractivity contribution in [2.24, 2.45) is 0 Å². The highest BCUT2D eigenvalue weighted by atomic mass is 16.6. The summed E-state index contributed by atoms with van der Waals surface area (Å²) in [5, 5.41) is 17.1. The first-order valence-corrected chi connectivity index (χ1v) is 4.79. The zero-order valence-corrected chi connectivity index (χ0v) is 8.51. The van der Waals surface area contributed by atoms with Gasteiger partial charge in [-0.2, -0.15) is 0 Å². The van der Waals surface area contributed by atoms with Crippen LogP contribution in [0.4, 0.5) is 0 Å². The molecule has 0 spiro atoms. The molecule has 0 unspecified atom stereocenters. The molecule has 1 aromatic rings. The van der Waals surface area contributed by atoms with Crippen LogP contribution in [0.15, 0.2) is 24.3 Å². The third-order valence-electron chi connectivity index (χ3n) is 1.89. The van der Waals surface area contributed by atoms with Gasteiger partial charge in [0.05, 0.1) is 0 Å². The summed E-state index contributed by atoms with van der Waals surface area (Å²) in [6.45, 7) is 1.94. The lowest BCUT2D eigenvalue weighted by molar-refractivity contribution is 0.0982. The van der Waals surface area contributed by atoms with Crippen LogP contribution in [0.25, 0.3) is 0 Å². The van der Waals surface area contributed by atoms with Crippen molar-refractivity contribution in [1.29, 1.82) is 0 Å². The molecule has 80 valence electrons. The molecule has 0 aliphatic heterocycles. The molecule has 0 bridgehead atoms. The van der Waals surface area contributed by atoms with Crippen LogP contribution in [-0.2, 0) is 0 Å². The van der Waals surface area contributed by atoms with Crippen molar-refractivity contribution in [3.05, 3.63) is 29.8 Å². The number of hydrogen-bond acceptors (Lipinski definition) is 4. The van der Waals surface area contributed by atoms with E-state index in [1.54, 1.807) is 12.1 Å². The molecule has 0 amide bonds. The SMILES string of the molecule is CCCC(=O)c1ccc(OB(O)O)cc1. The van der Waals surface area contributed by atoms with Crippen molar-refractivity contribution < 1.29 is 19.5 Å². The van der Waals surface area contributed by atoms with Crippen LogP contribution in [-0.4, -0.2) is 23.2 Å². The van der Waals surface area contributed by atoms with Crippen LogP contribution in [0.3, 0.4) is 0 Å². The van der Waals surface area contributed by atoms with Crippen molar-refractivity contribution in [2.45, 2.75) is 19.8 Å². The van der Waals surface area contributed by atoms with Crippen LogP contribution >= 0.6 is 0 Å². The Bertz CT molecular complexity index is 321. The molecule has 15 heavy (non-hydrogen) atoms. The Labute approximate surface area is 88.7 Å². The highest BCUT2D eigenvalue weighted by Gasteiger charge is 2.11. The molecule has 0 aliphatic carbocycles. The molecule has 0 aromatic heterocycles. The van der Waals surface area contributed by atoms with E-state index in [4.69, 9.17) is 10.0 Å². The Morgan fingerprint density at radius 3 is 2.40 bits per heavy atom. The molecule has 0 radical (unpaired) electrons. The van der Waals surface area contributed by atoms with Gasteiger partial charge in [-0.1, -0.05) is 6.92 Å². The maximum absolute atomic E-state index is 11.4. The average molecular weight is 208 g/mol. The van der Waals surface area contributed by atoms with Gasteiger partial charge in [-0.25, -0.2) is 0 Å². The maximum Gasteiger partial charge on any atom is 0.707 e. The molecule has 0 aliphatic rings. The second-order valence-electron chi connectivity index (χ2n) is 3.14. The molecule has 5 heteroatoms. The highest BCUT2D eigenvalue weighted by Crippen LogP contribution is 2.14. The fourth-order valence-electron chi connectivity index (χ4n) is 1.21. The number of ketones is 1. The van der Waals surface area contributed by atoms with Crippen LogP contribution < -0.4 is 4.65 Å². The maximum atomic E-state index is 11.4. The van der Waals surface area contributed by atoms with Crippen LogP contribution in [0, 0.1) is 0 Å². The standard InChI is InChI=1S/C10H13BO4/c1-2-3-10(12)8-4-6-9(7-5-8)15-11(13)14/h4-7,13-14H,2-3H2,1H3. The van der Waals surface area contributed by atoms with E-state index in [0.29, 0.717) is 17.7 Å². The van der Waals surface area contributed by atoms with E-state index in [9.17, 15) is 4.79 Å². The van der Waals surface area contributed by atoms with Crippen molar-refractivity contribution in [3.8, 4) is 5.75 Å². The van der Waals surface area contributed by atoms with Crippen molar-refractivity contribution >= 4 is 13.1 Å². The van der Waals surface area contributed by atoms with Gasteiger partial charge in [0, 0.05) is 12.0 Å². The minimum atomic E-state index is -1.83. The quantitative estimate of drug-likeness (QED) is 0.559. The number of Topliss-reactive ketones (excluding diaryl/α,β-unsaturated/α-hetero) is 1. The van der Waals surface area contributed by atoms with E-state index in [1.807, 2.05) is 6.92 Å². The van der Waals surface area contributed by atoms with Gasteiger partial charge in [0.1, 0.15) is 5.75 Å². The Morgan fingerprint density at radius 1 is 1.33 bits per heavy atom. The molecule has 1 rings (SSSR count). The summed E-state index contributed by atoms with van der Waals surface area (Å²) in [5.41, 5.74) is 0.608. The predicted molar refractivity (Wildman–Crippen MR) is 56.5 cm³/mol. The lowest BCUT2D eigenvalue weighted by Crippen LogP contribution is -2.20. The van der Waals surface area contributed by atoms with Crippen LogP contribution in [0.5, 0.6) is 5.75 Å². The van der Waals surface area contributed by atoms with Crippen LogP contribution in [0.1, 0.15) is 30.1 Å². The Kier molecular flexibility index (Phi) is 4.33. The minimum absolute atomic E-state index is 0.0774. The Morgan fingerprint density at radius 2 is 1.93 bits per heavy atom. The molecule has 2 N–H and O–H groups in total. The predicted octanol–water partition coefficient (Wildman–Crippen LogP) is 1.02. The topological polar surface area (TPSA) is 66.8 Å². The second-order valence-corrected chi connectivity index (χ2v) is 3.14. The van der Waals surface area contributed by atoms with Gasteiger partial charge in [-0.05, 0) is 30.7 Å². The molecule has 0 saturated heterocycles. The van der Waals surface area contributed by atoms with Gasteiger partial charge in [0.25, 0.3) is 0 Å². The zero-order chi connectivity index (χ0) is 11.3. The van der Waals surface area contributed by atoms with Crippen molar-refractivity contribution in [2.75, 3.05) is 0 Å². The Hall–Kier alpha value is -1.33. The smallest absolute Gasteiger partial charge is 0.512 e. The van der Waals surface area contributed by atoms with E-state index in [0.717, 1.165) is 6.42 Å². The van der Waals surface area contributed by atoms with E-state index >= 15 is 0 Å². The molecule has 0 fully saturated rings. The van der Waals surface area contributed by atoms with Crippen molar-refractivity contribution in [1.82, 2.24) is 0 Å². The number of hydrogen-bond donors (Lipinski definition) is 2. The van der Waals surface area contributed by atoms with E-state index in [1.165, 1.54) is 12.1 Å². The summed E-state index contributed by atoms with van der Waals surface area (Å²) < 4.78 is 4.61. The summed E-state index contributed by atoms with van der Waals surface area (Å²) in [6, 6.07) is 6.27. The van der Waals surface area contributed by atoms with Gasteiger partial charge in [0.2, 0.25) is 0 Å². The summed E-state index contributed by atoms with van der Waals surface area (Å²) in [7, 11) is -1.83. The molecule has 1 aromatic carbocycles. The largest absolute Gasteiger partial charge is 0.707 e. The molecule has 0 saturated carbocycles.